The average Bonchev–Trinajstić information content (AvgIpc) is 3.30. The number of aromatic nitrogens is 1. The van der Waals surface area contributed by atoms with Gasteiger partial charge in [0, 0.05) is 0 Å². The second kappa shape index (κ2) is 9.58. The van der Waals surface area contributed by atoms with Crippen LogP contribution < -0.4 is 4.90 Å². The summed E-state index contributed by atoms with van der Waals surface area (Å²) in [4.78, 5) is 56.1. The molecule has 0 N–H and O–H groups in total. The smallest absolute Gasteiger partial charge is 0.331 e. The Kier molecular flexibility index (Phi) is 6.80. The van der Waals surface area contributed by atoms with Gasteiger partial charge in [-0.1, -0.05) is 24.6 Å². The monoisotopic (exact) mass is 476 g/mol. The molecular weight excluding hydrogens is 452 g/mol. The van der Waals surface area contributed by atoms with E-state index in [9.17, 15) is 19.2 Å². The number of fused-ring (bicyclic) bond motifs is 2. The largest absolute Gasteiger partial charge is 0.465 e. The number of amides is 2. The number of hydrogen-bond donors (Lipinski definition) is 0. The minimum absolute atomic E-state index is 0.122. The molecule has 1 aromatic heterocycles. The van der Waals surface area contributed by atoms with Crippen LogP contribution in [0.2, 0.25) is 0 Å². The predicted octanol–water partition coefficient (Wildman–Crippen LogP) is 3.56. The maximum absolute atomic E-state index is 12.9. The first-order valence-corrected chi connectivity index (χ1v) is 12.4. The summed E-state index contributed by atoms with van der Waals surface area (Å²) in [6.07, 6.45) is 3.48. The maximum Gasteiger partial charge on any atom is 0.331 e. The van der Waals surface area contributed by atoms with E-state index in [-0.39, 0.29) is 36.9 Å². The lowest BCUT2D eigenvalue weighted by atomic mass is 9.81. The van der Waals surface area contributed by atoms with Crippen LogP contribution in [0.3, 0.4) is 0 Å². The second-order valence-electron chi connectivity index (χ2n) is 7.64. The highest BCUT2D eigenvalue weighted by Crippen LogP contribution is 2.41. The molecule has 1 aromatic carbocycles. The van der Waals surface area contributed by atoms with Gasteiger partial charge in [-0.3, -0.25) is 24.1 Å². The molecule has 0 unspecified atom stereocenters. The Bertz CT molecular complexity index is 1030. The highest BCUT2D eigenvalue weighted by Gasteiger charge is 2.48. The lowest BCUT2D eigenvalue weighted by Crippen LogP contribution is -2.30. The van der Waals surface area contributed by atoms with Gasteiger partial charge in [-0.2, -0.15) is 0 Å². The van der Waals surface area contributed by atoms with Gasteiger partial charge in [0.05, 0.1) is 41.0 Å². The van der Waals surface area contributed by atoms with Gasteiger partial charge in [-0.25, -0.2) is 4.98 Å². The van der Waals surface area contributed by atoms with Crippen LogP contribution in [-0.4, -0.2) is 47.2 Å². The Hall–Kier alpha value is -2.46. The molecular formula is C22H24N2O6S2. The molecule has 1 saturated carbocycles. The van der Waals surface area contributed by atoms with Crippen LogP contribution in [-0.2, 0) is 28.7 Å². The zero-order valence-corrected chi connectivity index (χ0v) is 19.5. The first-order chi connectivity index (χ1) is 15.4. The van der Waals surface area contributed by atoms with Gasteiger partial charge >= 0.3 is 11.9 Å². The number of carbonyl (C=O) groups is 4. The van der Waals surface area contributed by atoms with Gasteiger partial charge in [0.25, 0.3) is 0 Å². The normalized spacial score (nSPS) is 20.7. The van der Waals surface area contributed by atoms with E-state index in [0.717, 1.165) is 42.1 Å². The fourth-order valence-corrected chi connectivity index (χ4v) is 6.39. The van der Waals surface area contributed by atoms with Crippen LogP contribution in [0.25, 0.3) is 10.2 Å². The molecule has 10 heteroatoms. The van der Waals surface area contributed by atoms with E-state index in [2.05, 4.69) is 4.98 Å². The number of ether oxygens (including phenoxy) is 2. The summed E-state index contributed by atoms with van der Waals surface area (Å²) >= 11 is 2.26. The number of benzene rings is 1. The molecule has 32 heavy (non-hydrogen) atoms. The molecule has 0 radical (unpaired) electrons. The van der Waals surface area contributed by atoms with Gasteiger partial charge in [0.1, 0.15) is 0 Å². The van der Waals surface area contributed by atoms with Crippen molar-refractivity contribution in [2.24, 2.45) is 11.8 Å². The highest BCUT2D eigenvalue weighted by atomic mass is 32.2. The molecule has 2 atom stereocenters. The van der Waals surface area contributed by atoms with Gasteiger partial charge in [-0.15, -0.1) is 11.3 Å². The zero-order valence-electron chi connectivity index (χ0n) is 17.9. The molecule has 170 valence electrons. The van der Waals surface area contributed by atoms with Crippen LogP contribution in [0.1, 0.15) is 39.5 Å². The fraction of sp³-hybridized carbons (Fsp3) is 0.500. The van der Waals surface area contributed by atoms with E-state index < -0.39 is 17.2 Å². The van der Waals surface area contributed by atoms with Crippen LogP contribution in [0.5, 0.6) is 0 Å². The topological polar surface area (TPSA) is 103 Å². The minimum Gasteiger partial charge on any atom is -0.465 e. The number of carbonyl (C=O) groups excluding carboxylic acids is 4. The molecule has 2 fully saturated rings. The Morgan fingerprint density at radius 3 is 2.25 bits per heavy atom. The van der Waals surface area contributed by atoms with E-state index in [1.54, 1.807) is 32.0 Å². The van der Waals surface area contributed by atoms with Gasteiger partial charge in [-0.05, 0) is 44.9 Å². The van der Waals surface area contributed by atoms with E-state index in [1.807, 2.05) is 0 Å². The summed E-state index contributed by atoms with van der Waals surface area (Å²) in [7, 11) is 0. The van der Waals surface area contributed by atoms with Crippen molar-refractivity contribution in [3.63, 3.8) is 0 Å². The number of nitrogens with zero attached hydrogens (tertiary/aromatic N) is 2. The Balaban J connectivity index is 1.59. The van der Waals surface area contributed by atoms with Crippen LogP contribution in [0, 0.1) is 11.8 Å². The lowest BCUT2D eigenvalue weighted by Gasteiger charge is -2.19. The number of anilines is 1. The van der Waals surface area contributed by atoms with Crippen molar-refractivity contribution in [3.05, 3.63) is 18.2 Å². The van der Waals surface area contributed by atoms with Gasteiger partial charge in [0.15, 0.2) is 4.34 Å². The van der Waals surface area contributed by atoms with Crippen molar-refractivity contribution in [1.29, 1.82) is 0 Å². The average molecular weight is 477 g/mol. The Morgan fingerprint density at radius 2 is 1.69 bits per heavy atom. The number of thioether (sulfide) groups is 1. The Morgan fingerprint density at radius 1 is 1.09 bits per heavy atom. The highest BCUT2D eigenvalue weighted by molar-refractivity contribution is 8.03. The van der Waals surface area contributed by atoms with Gasteiger partial charge < -0.3 is 9.47 Å². The maximum atomic E-state index is 12.9. The molecule has 2 aromatic rings. The fourth-order valence-electron chi connectivity index (χ4n) is 4.23. The quantitative estimate of drug-likeness (QED) is 0.259. The van der Waals surface area contributed by atoms with Crippen molar-refractivity contribution in [1.82, 2.24) is 4.98 Å². The summed E-state index contributed by atoms with van der Waals surface area (Å²) in [5, 5.41) is -1.17. The molecule has 2 heterocycles. The molecule has 2 amide bonds. The standard InChI is InChI=1S/C22H24N2O6S2/c1-3-29-20(27)17(21(28)30-4-2)32-22-23-15-10-9-12(11-16(15)31-22)24-18(25)13-7-5-6-8-14(13)19(24)26/h9-11,13-14,17H,3-8H2,1-2H3/t13-,14+. The van der Waals surface area contributed by atoms with Gasteiger partial charge in [0.2, 0.25) is 17.1 Å². The Labute approximate surface area is 193 Å². The van der Waals surface area contributed by atoms with Crippen LogP contribution in [0.15, 0.2) is 22.5 Å². The number of imide groups is 1. The predicted molar refractivity (Wildman–Crippen MR) is 120 cm³/mol. The summed E-state index contributed by atoms with van der Waals surface area (Å²) in [6.45, 7) is 3.64. The second-order valence-corrected chi connectivity index (χ2v) is 10.0. The molecule has 0 spiro atoms. The summed E-state index contributed by atoms with van der Waals surface area (Å²) in [5.41, 5.74) is 1.19. The first kappa shape index (κ1) is 22.7. The van der Waals surface area contributed by atoms with Crippen molar-refractivity contribution >= 4 is 62.8 Å². The molecule has 2 aliphatic rings. The van der Waals surface area contributed by atoms with E-state index in [0.29, 0.717) is 15.5 Å². The summed E-state index contributed by atoms with van der Waals surface area (Å²) < 4.78 is 11.3. The molecule has 1 aliphatic carbocycles. The van der Waals surface area contributed by atoms with Crippen molar-refractivity contribution < 1.29 is 28.7 Å². The zero-order chi connectivity index (χ0) is 22.8. The molecule has 4 rings (SSSR count). The number of hydrogen-bond acceptors (Lipinski definition) is 9. The van der Waals surface area contributed by atoms with E-state index >= 15 is 0 Å². The SMILES string of the molecule is CCOC(=O)C(Sc1nc2ccc(N3C(=O)[C@H]4CCCC[C@H]4C3=O)cc2s1)C(=O)OCC. The molecule has 0 bridgehead atoms. The van der Waals surface area contributed by atoms with Crippen LogP contribution in [0.4, 0.5) is 5.69 Å². The van der Waals surface area contributed by atoms with E-state index in [4.69, 9.17) is 9.47 Å². The number of esters is 2. The summed E-state index contributed by atoms with van der Waals surface area (Å²) in [6, 6.07) is 5.24. The first-order valence-electron chi connectivity index (χ1n) is 10.7. The van der Waals surface area contributed by atoms with Crippen molar-refractivity contribution in [2.75, 3.05) is 18.1 Å². The van der Waals surface area contributed by atoms with Crippen molar-refractivity contribution in [3.8, 4) is 0 Å². The molecule has 1 saturated heterocycles. The molecule has 8 nitrogen and oxygen atoms in total. The lowest BCUT2D eigenvalue weighted by molar-refractivity contribution is -0.153. The third-order valence-corrected chi connectivity index (χ3v) is 7.94. The number of rotatable bonds is 7. The summed E-state index contributed by atoms with van der Waals surface area (Å²) in [5.74, 6) is -2.02. The third kappa shape index (κ3) is 4.25. The number of thiazole rings is 1. The van der Waals surface area contributed by atoms with Crippen LogP contribution >= 0.6 is 23.1 Å². The molecule has 1 aliphatic heterocycles. The third-order valence-electron chi connectivity index (χ3n) is 5.67. The minimum atomic E-state index is -1.17. The van der Waals surface area contributed by atoms with E-state index in [1.165, 1.54) is 16.2 Å². The van der Waals surface area contributed by atoms with Crippen molar-refractivity contribution in [2.45, 2.75) is 49.1 Å².